The van der Waals surface area contributed by atoms with E-state index in [4.69, 9.17) is 0 Å². The Balaban J connectivity index is 2.02. The van der Waals surface area contributed by atoms with Gasteiger partial charge in [-0.25, -0.2) is 4.98 Å². The van der Waals surface area contributed by atoms with E-state index in [-0.39, 0.29) is 5.69 Å². The number of anilines is 2. The van der Waals surface area contributed by atoms with Crippen molar-refractivity contribution in [1.82, 2.24) is 9.88 Å². The lowest BCUT2D eigenvalue weighted by atomic mass is 10.1. The number of aromatic nitrogens is 1. The summed E-state index contributed by atoms with van der Waals surface area (Å²) in [5.74, 6) is 1.49. The highest BCUT2D eigenvalue weighted by Gasteiger charge is 2.22. The third-order valence-corrected chi connectivity index (χ3v) is 3.70. The number of rotatable bonds is 6. The number of hydrogen-bond donors (Lipinski definition) is 2. The molecule has 1 aromatic rings. The van der Waals surface area contributed by atoms with Gasteiger partial charge in [-0.15, -0.1) is 0 Å². The lowest BCUT2D eigenvalue weighted by Gasteiger charge is -2.14. The fourth-order valence-electron chi connectivity index (χ4n) is 2.48. The fourth-order valence-corrected chi connectivity index (χ4v) is 2.48. The first kappa shape index (κ1) is 14.5. The highest BCUT2D eigenvalue weighted by molar-refractivity contribution is 5.60. The smallest absolute Gasteiger partial charge is 0.311 e. The van der Waals surface area contributed by atoms with Crippen LogP contribution in [0, 0.1) is 16.0 Å². The van der Waals surface area contributed by atoms with Gasteiger partial charge in [0.15, 0.2) is 0 Å². The molecule has 0 aromatic carbocycles. The molecule has 2 rings (SSSR count). The molecule has 1 unspecified atom stereocenters. The molecule has 0 aliphatic carbocycles. The first-order chi connectivity index (χ1) is 9.63. The lowest BCUT2D eigenvalue weighted by Crippen LogP contribution is -2.22. The van der Waals surface area contributed by atoms with E-state index < -0.39 is 4.92 Å². The standard InChI is InChI=1S/C13H21N5O2/c1-3-17-7-6-10(9-17)8-15-13-11(18(19)20)4-5-12(14-2)16-13/h4-5,10H,3,6-9H2,1-2H3,(H2,14,15,16). The van der Waals surface area contributed by atoms with E-state index in [0.29, 0.717) is 17.6 Å². The molecule has 1 atom stereocenters. The average molecular weight is 279 g/mol. The molecule has 2 N–H and O–H groups in total. The first-order valence-corrected chi connectivity index (χ1v) is 6.93. The summed E-state index contributed by atoms with van der Waals surface area (Å²) < 4.78 is 0. The van der Waals surface area contributed by atoms with Crippen molar-refractivity contribution in [2.75, 3.05) is 43.9 Å². The predicted octanol–water partition coefficient (Wildman–Crippen LogP) is 1.79. The molecule has 0 bridgehead atoms. The van der Waals surface area contributed by atoms with E-state index in [1.165, 1.54) is 6.07 Å². The molecule has 1 aliphatic rings. The van der Waals surface area contributed by atoms with Crippen LogP contribution < -0.4 is 10.6 Å². The summed E-state index contributed by atoms with van der Waals surface area (Å²) in [7, 11) is 1.74. The van der Waals surface area contributed by atoms with Gasteiger partial charge in [-0.05, 0) is 31.5 Å². The highest BCUT2D eigenvalue weighted by atomic mass is 16.6. The van der Waals surface area contributed by atoms with Gasteiger partial charge in [0.05, 0.1) is 4.92 Å². The molecule has 0 spiro atoms. The van der Waals surface area contributed by atoms with E-state index in [9.17, 15) is 10.1 Å². The number of nitrogens with one attached hydrogen (secondary N) is 2. The third-order valence-electron chi connectivity index (χ3n) is 3.70. The van der Waals surface area contributed by atoms with Crippen molar-refractivity contribution in [2.24, 2.45) is 5.92 Å². The molecule has 0 amide bonds. The van der Waals surface area contributed by atoms with Crippen LogP contribution in [0.5, 0.6) is 0 Å². The molecule has 0 radical (unpaired) electrons. The normalized spacial score (nSPS) is 19.0. The number of nitro groups is 1. The summed E-state index contributed by atoms with van der Waals surface area (Å²) in [6, 6.07) is 3.09. The molecule has 7 heteroatoms. The Kier molecular flexibility index (Phi) is 4.73. The summed E-state index contributed by atoms with van der Waals surface area (Å²) in [6.45, 7) is 6.08. The quantitative estimate of drug-likeness (QED) is 0.610. The maximum absolute atomic E-state index is 11.0. The van der Waals surface area contributed by atoms with Gasteiger partial charge >= 0.3 is 5.69 Å². The minimum Gasteiger partial charge on any atom is -0.373 e. The van der Waals surface area contributed by atoms with Gasteiger partial charge in [0.25, 0.3) is 0 Å². The zero-order chi connectivity index (χ0) is 14.5. The van der Waals surface area contributed by atoms with Crippen LogP contribution in [0.2, 0.25) is 0 Å². The fraction of sp³-hybridized carbons (Fsp3) is 0.615. The molecule has 20 heavy (non-hydrogen) atoms. The second kappa shape index (κ2) is 6.51. The summed E-state index contributed by atoms with van der Waals surface area (Å²) in [4.78, 5) is 17.2. The number of nitrogens with zero attached hydrogens (tertiary/aromatic N) is 3. The molecule has 0 saturated carbocycles. The van der Waals surface area contributed by atoms with Crippen molar-refractivity contribution in [3.05, 3.63) is 22.2 Å². The van der Waals surface area contributed by atoms with Gasteiger partial charge in [0, 0.05) is 26.2 Å². The monoisotopic (exact) mass is 279 g/mol. The van der Waals surface area contributed by atoms with Crippen molar-refractivity contribution in [3.8, 4) is 0 Å². The third kappa shape index (κ3) is 3.36. The summed E-state index contributed by atoms with van der Waals surface area (Å²) >= 11 is 0. The van der Waals surface area contributed by atoms with Crippen LogP contribution in [0.4, 0.5) is 17.3 Å². The lowest BCUT2D eigenvalue weighted by molar-refractivity contribution is -0.384. The van der Waals surface area contributed by atoms with Crippen LogP contribution in [0.15, 0.2) is 12.1 Å². The van der Waals surface area contributed by atoms with Crippen LogP contribution in [0.3, 0.4) is 0 Å². The van der Waals surface area contributed by atoms with Crippen LogP contribution in [-0.2, 0) is 0 Å². The molecule has 110 valence electrons. The molecule has 1 saturated heterocycles. The SMILES string of the molecule is CCN1CCC(CNc2nc(NC)ccc2[N+](=O)[O-])C1. The van der Waals surface area contributed by atoms with Gasteiger partial charge in [0.1, 0.15) is 5.82 Å². The van der Waals surface area contributed by atoms with Gasteiger partial charge in [-0.1, -0.05) is 6.92 Å². The van der Waals surface area contributed by atoms with Gasteiger partial charge in [-0.3, -0.25) is 10.1 Å². The topological polar surface area (TPSA) is 83.3 Å². The molecular formula is C13H21N5O2. The number of pyridine rings is 1. The Bertz CT molecular complexity index is 480. The molecule has 2 heterocycles. The van der Waals surface area contributed by atoms with Crippen LogP contribution in [0.25, 0.3) is 0 Å². The second-order valence-electron chi connectivity index (χ2n) is 5.00. The number of hydrogen-bond acceptors (Lipinski definition) is 6. The maximum Gasteiger partial charge on any atom is 0.311 e. The van der Waals surface area contributed by atoms with Crippen molar-refractivity contribution in [1.29, 1.82) is 0 Å². The van der Waals surface area contributed by atoms with Crippen molar-refractivity contribution < 1.29 is 4.92 Å². The van der Waals surface area contributed by atoms with E-state index in [1.54, 1.807) is 13.1 Å². The van der Waals surface area contributed by atoms with E-state index in [1.807, 2.05) is 0 Å². The van der Waals surface area contributed by atoms with E-state index in [2.05, 4.69) is 27.4 Å². The molecule has 1 fully saturated rings. The minimum absolute atomic E-state index is 0.0225. The molecule has 7 nitrogen and oxygen atoms in total. The summed E-state index contributed by atoms with van der Waals surface area (Å²) in [6.07, 6.45) is 1.13. The van der Waals surface area contributed by atoms with E-state index in [0.717, 1.165) is 32.6 Å². The Morgan fingerprint density at radius 3 is 2.95 bits per heavy atom. The molecule has 1 aliphatic heterocycles. The summed E-state index contributed by atoms with van der Waals surface area (Å²) in [5, 5.41) is 17.0. The van der Waals surface area contributed by atoms with E-state index >= 15 is 0 Å². The Labute approximate surface area is 118 Å². The van der Waals surface area contributed by atoms with Crippen molar-refractivity contribution in [3.63, 3.8) is 0 Å². The van der Waals surface area contributed by atoms with Crippen LogP contribution >= 0.6 is 0 Å². The predicted molar refractivity (Wildman–Crippen MR) is 79.1 cm³/mol. The van der Waals surface area contributed by atoms with Gasteiger partial charge < -0.3 is 15.5 Å². The van der Waals surface area contributed by atoms with Crippen LogP contribution in [0.1, 0.15) is 13.3 Å². The molecular weight excluding hydrogens is 258 g/mol. The minimum atomic E-state index is -0.401. The van der Waals surface area contributed by atoms with Crippen LogP contribution in [-0.4, -0.2) is 48.0 Å². The zero-order valence-corrected chi connectivity index (χ0v) is 11.9. The van der Waals surface area contributed by atoms with Gasteiger partial charge in [-0.2, -0.15) is 0 Å². The Morgan fingerprint density at radius 1 is 1.55 bits per heavy atom. The van der Waals surface area contributed by atoms with Crippen molar-refractivity contribution >= 4 is 17.3 Å². The largest absolute Gasteiger partial charge is 0.373 e. The van der Waals surface area contributed by atoms with Gasteiger partial charge in [0.2, 0.25) is 5.82 Å². The van der Waals surface area contributed by atoms with Crippen molar-refractivity contribution in [2.45, 2.75) is 13.3 Å². The zero-order valence-electron chi connectivity index (χ0n) is 11.9. The Hall–Kier alpha value is -1.89. The average Bonchev–Trinajstić information content (AvgIpc) is 2.92. The second-order valence-corrected chi connectivity index (χ2v) is 5.00. The summed E-state index contributed by atoms with van der Waals surface area (Å²) in [5.41, 5.74) is 0.0225. The Morgan fingerprint density at radius 2 is 2.35 bits per heavy atom. The first-order valence-electron chi connectivity index (χ1n) is 6.93. The highest BCUT2D eigenvalue weighted by Crippen LogP contribution is 2.25. The molecule has 1 aromatic heterocycles. The number of likely N-dealkylation sites (tertiary alicyclic amines) is 1. The maximum atomic E-state index is 11.0.